The van der Waals surface area contributed by atoms with Crippen molar-refractivity contribution in [3.63, 3.8) is 0 Å². The summed E-state index contributed by atoms with van der Waals surface area (Å²) >= 11 is 0. The zero-order valence-corrected chi connectivity index (χ0v) is 17.3. The monoisotopic (exact) mass is 407 g/mol. The van der Waals surface area contributed by atoms with Crippen LogP contribution in [-0.2, 0) is 23.0 Å². The van der Waals surface area contributed by atoms with Crippen molar-refractivity contribution in [2.24, 2.45) is 0 Å². The molecule has 2 aromatic rings. The molecule has 0 aliphatic carbocycles. The zero-order chi connectivity index (χ0) is 20.3. The predicted octanol–water partition coefficient (Wildman–Crippen LogP) is 2.90. The van der Waals surface area contributed by atoms with Crippen molar-refractivity contribution >= 4 is 10.0 Å². The minimum absolute atomic E-state index is 0.0804. The molecule has 8 heteroatoms. The number of sulfonamides is 1. The minimum Gasteiger partial charge on any atom is -0.494 e. The number of hydrogen-bond donors (Lipinski definition) is 1. The molecule has 0 amide bonds. The Bertz CT molecular complexity index is 957. The number of hydrogen-bond acceptors (Lipinski definition) is 6. The lowest BCUT2D eigenvalue weighted by molar-refractivity contribution is 0.254. The summed E-state index contributed by atoms with van der Waals surface area (Å²) in [6.07, 6.45) is 0.913. The Morgan fingerprint density at radius 2 is 1.86 bits per heavy atom. The Balaban J connectivity index is 1.84. The molecule has 0 saturated heterocycles. The second kappa shape index (κ2) is 8.28. The number of nitrogens with one attached hydrogen (secondary N) is 1. The van der Waals surface area contributed by atoms with Crippen LogP contribution in [-0.4, -0.2) is 35.3 Å². The summed E-state index contributed by atoms with van der Waals surface area (Å²) in [6, 6.07) is 8.24. The van der Waals surface area contributed by atoms with Crippen LogP contribution in [0.5, 0.6) is 23.0 Å². The molecule has 1 aliphatic rings. The molecule has 1 N–H and O–H groups in total. The van der Waals surface area contributed by atoms with Crippen molar-refractivity contribution in [1.29, 1.82) is 0 Å². The van der Waals surface area contributed by atoms with E-state index in [1.165, 1.54) is 26.4 Å². The molecular weight excluding hydrogens is 382 g/mol. The Labute approximate surface area is 165 Å². The van der Waals surface area contributed by atoms with E-state index >= 15 is 0 Å². The van der Waals surface area contributed by atoms with Gasteiger partial charge in [-0.3, -0.25) is 0 Å². The summed E-state index contributed by atoms with van der Waals surface area (Å²) in [5.74, 6) is 2.25. The molecular formula is C20H25NO6S. The van der Waals surface area contributed by atoms with Gasteiger partial charge in [0, 0.05) is 30.2 Å². The van der Waals surface area contributed by atoms with Gasteiger partial charge in [-0.2, -0.15) is 0 Å². The third-order valence-corrected chi connectivity index (χ3v) is 5.90. The molecule has 0 radical (unpaired) electrons. The highest BCUT2D eigenvalue weighted by atomic mass is 32.2. The molecule has 0 aromatic heterocycles. The highest BCUT2D eigenvalue weighted by Crippen LogP contribution is 2.35. The highest BCUT2D eigenvalue weighted by molar-refractivity contribution is 7.89. The number of fused-ring (bicyclic) bond motifs is 1. The van der Waals surface area contributed by atoms with Crippen molar-refractivity contribution in [2.45, 2.75) is 37.8 Å². The molecule has 1 atom stereocenters. The summed E-state index contributed by atoms with van der Waals surface area (Å²) in [4.78, 5) is 0.0918. The number of ether oxygens (including phenoxy) is 4. The van der Waals surface area contributed by atoms with E-state index in [1.807, 2.05) is 26.0 Å². The Hall–Kier alpha value is -2.45. The first-order valence-electron chi connectivity index (χ1n) is 9.05. The standard InChI is InChI=1S/C20H25NO6S/c1-5-26-18-9-14-8-13(2)27-19(14)10-15(18)12-21-28(22,23)16-6-7-17(24-3)20(11-16)25-4/h6-7,9-11,13,21H,5,8,12H2,1-4H3/t13-/m0/s1. The first kappa shape index (κ1) is 20.3. The fourth-order valence-corrected chi connectivity index (χ4v) is 4.17. The second-order valence-electron chi connectivity index (χ2n) is 6.47. The van der Waals surface area contributed by atoms with Gasteiger partial charge in [0.05, 0.1) is 25.7 Å². The van der Waals surface area contributed by atoms with Crippen LogP contribution < -0.4 is 23.7 Å². The fraction of sp³-hybridized carbons (Fsp3) is 0.400. The van der Waals surface area contributed by atoms with Gasteiger partial charge in [0.2, 0.25) is 10.0 Å². The van der Waals surface area contributed by atoms with Crippen LogP contribution in [0.15, 0.2) is 35.2 Å². The van der Waals surface area contributed by atoms with Gasteiger partial charge in [-0.1, -0.05) is 0 Å². The predicted molar refractivity (Wildman–Crippen MR) is 105 cm³/mol. The third-order valence-electron chi connectivity index (χ3n) is 4.50. The van der Waals surface area contributed by atoms with Crippen molar-refractivity contribution in [1.82, 2.24) is 4.72 Å². The van der Waals surface area contributed by atoms with Crippen molar-refractivity contribution in [2.75, 3.05) is 20.8 Å². The minimum atomic E-state index is -3.75. The van der Waals surface area contributed by atoms with E-state index in [0.717, 1.165) is 23.3 Å². The quantitative estimate of drug-likeness (QED) is 0.725. The van der Waals surface area contributed by atoms with Gasteiger partial charge in [-0.25, -0.2) is 13.1 Å². The van der Waals surface area contributed by atoms with Crippen molar-refractivity contribution in [3.05, 3.63) is 41.5 Å². The van der Waals surface area contributed by atoms with Crippen LogP contribution in [0, 0.1) is 0 Å². The van der Waals surface area contributed by atoms with E-state index in [0.29, 0.717) is 23.9 Å². The van der Waals surface area contributed by atoms with E-state index in [9.17, 15) is 8.42 Å². The first-order valence-corrected chi connectivity index (χ1v) is 10.5. The molecule has 0 bridgehead atoms. The van der Waals surface area contributed by atoms with Crippen LogP contribution >= 0.6 is 0 Å². The Kier molecular flexibility index (Phi) is 6.00. The molecule has 152 valence electrons. The zero-order valence-electron chi connectivity index (χ0n) is 16.4. The molecule has 28 heavy (non-hydrogen) atoms. The highest BCUT2D eigenvalue weighted by Gasteiger charge is 2.23. The normalized spacial score (nSPS) is 15.6. The maximum absolute atomic E-state index is 12.7. The van der Waals surface area contributed by atoms with Crippen LogP contribution in [0.4, 0.5) is 0 Å². The number of benzene rings is 2. The summed E-state index contributed by atoms with van der Waals surface area (Å²) in [6.45, 7) is 4.46. The molecule has 0 saturated carbocycles. The molecule has 2 aromatic carbocycles. The van der Waals surface area contributed by atoms with Gasteiger partial charge in [0.1, 0.15) is 17.6 Å². The summed E-state index contributed by atoms with van der Waals surface area (Å²) in [5.41, 5.74) is 1.79. The Morgan fingerprint density at radius 1 is 1.11 bits per heavy atom. The largest absolute Gasteiger partial charge is 0.494 e. The van der Waals surface area contributed by atoms with E-state index < -0.39 is 10.0 Å². The lowest BCUT2D eigenvalue weighted by Crippen LogP contribution is -2.23. The van der Waals surface area contributed by atoms with E-state index in [1.54, 1.807) is 6.07 Å². The molecule has 3 rings (SSSR count). The first-order chi connectivity index (χ1) is 13.4. The average molecular weight is 407 g/mol. The van der Waals surface area contributed by atoms with Crippen LogP contribution in [0.3, 0.4) is 0 Å². The fourth-order valence-electron chi connectivity index (χ4n) is 3.15. The molecule has 0 unspecified atom stereocenters. The van der Waals surface area contributed by atoms with Gasteiger partial charge in [-0.05, 0) is 38.1 Å². The lowest BCUT2D eigenvalue weighted by atomic mass is 10.1. The Morgan fingerprint density at radius 3 is 2.54 bits per heavy atom. The van der Waals surface area contributed by atoms with E-state index in [-0.39, 0.29) is 17.5 Å². The molecule has 7 nitrogen and oxygen atoms in total. The lowest BCUT2D eigenvalue weighted by Gasteiger charge is -2.14. The third kappa shape index (κ3) is 4.18. The molecule has 1 heterocycles. The van der Waals surface area contributed by atoms with E-state index in [2.05, 4.69) is 4.72 Å². The maximum Gasteiger partial charge on any atom is 0.241 e. The van der Waals surface area contributed by atoms with Gasteiger partial charge in [0.25, 0.3) is 0 Å². The summed E-state index contributed by atoms with van der Waals surface area (Å²) in [5, 5.41) is 0. The van der Waals surface area contributed by atoms with Gasteiger partial charge in [0.15, 0.2) is 11.5 Å². The topological polar surface area (TPSA) is 83.1 Å². The summed E-state index contributed by atoms with van der Waals surface area (Å²) < 4.78 is 50.0. The van der Waals surface area contributed by atoms with Crippen molar-refractivity contribution in [3.8, 4) is 23.0 Å². The SMILES string of the molecule is CCOc1cc2c(cc1CNS(=O)(=O)c1ccc(OC)c(OC)c1)O[C@@H](C)C2. The van der Waals surface area contributed by atoms with Crippen LogP contribution in [0.2, 0.25) is 0 Å². The average Bonchev–Trinajstić information content (AvgIpc) is 3.04. The van der Waals surface area contributed by atoms with Gasteiger partial charge in [-0.15, -0.1) is 0 Å². The molecule has 0 spiro atoms. The van der Waals surface area contributed by atoms with Gasteiger partial charge < -0.3 is 18.9 Å². The molecule has 0 fully saturated rings. The van der Waals surface area contributed by atoms with Gasteiger partial charge >= 0.3 is 0 Å². The number of rotatable bonds is 8. The maximum atomic E-state index is 12.7. The van der Waals surface area contributed by atoms with Crippen molar-refractivity contribution < 1.29 is 27.4 Å². The van der Waals surface area contributed by atoms with Crippen LogP contribution in [0.25, 0.3) is 0 Å². The molecule has 1 aliphatic heterocycles. The summed E-state index contributed by atoms with van der Waals surface area (Å²) in [7, 11) is -0.798. The van der Waals surface area contributed by atoms with E-state index in [4.69, 9.17) is 18.9 Å². The smallest absolute Gasteiger partial charge is 0.241 e. The van der Waals surface area contributed by atoms with Crippen LogP contribution in [0.1, 0.15) is 25.0 Å². The second-order valence-corrected chi connectivity index (χ2v) is 8.24. The number of methoxy groups -OCH3 is 2.